The van der Waals surface area contributed by atoms with Gasteiger partial charge in [-0.05, 0) is 12.3 Å². The summed E-state index contributed by atoms with van der Waals surface area (Å²) in [7, 11) is 0. The van der Waals surface area contributed by atoms with Gasteiger partial charge in [-0.25, -0.2) is 4.79 Å². The molecule has 0 bridgehead atoms. The molecular formula is C15H27NO6. The van der Waals surface area contributed by atoms with E-state index in [0.29, 0.717) is 6.42 Å². The quantitative estimate of drug-likeness (QED) is 0.500. The standard InChI is InChI=1S/C15H27NO6/c1-6-10(4)7-12(8-13(17)18)16-15(20)22-11(5)21-14(19)9(2)3/h9-12H,6-8H2,1-5H3,(H,16,20)(H,17,18)/t10-,11+,12+/m1/s1. The molecule has 0 aliphatic carbocycles. The average molecular weight is 317 g/mol. The van der Waals surface area contributed by atoms with E-state index in [1.807, 2.05) is 13.8 Å². The minimum atomic E-state index is -1.02. The fourth-order valence-corrected chi connectivity index (χ4v) is 1.73. The van der Waals surface area contributed by atoms with Gasteiger partial charge in [-0.3, -0.25) is 9.59 Å². The van der Waals surface area contributed by atoms with Crippen LogP contribution in [0.25, 0.3) is 0 Å². The van der Waals surface area contributed by atoms with Gasteiger partial charge in [-0.15, -0.1) is 0 Å². The van der Waals surface area contributed by atoms with Gasteiger partial charge in [0.05, 0.1) is 12.3 Å². The average Bonchev–Trinajstić information content (AvgIpc) is 2.36. The summed E-state index contributed by atoms with van der Waals surface area (Å²) < 4.78 is 9.82. The fraction of sp³-hybridized carbons (Fsp3) is 0.800. The van der Waals surface area contributed by atoms with Gasteiger partial charge in [0.25, 0.3) is 0 Å². The van der Waals surface area contributed by atoms with Gasteiger partial charge in [-0.1, -0.05) is 34.1 Å². The summed E-state index contributed by atoms with van der Waals surface area (Å²) in [6.45, 7) is 8.75. The Labute approximate surface area is 131 Å². The van der Waals surface area contributed by atoms with Crippen LogP contribution in [0.15, 0.2) is 0 Å². The van der Waals surface area contributed by atoms with Crippen molar-refractivity contribution in [3.63, 3.8) is 0 Å². The molecule has 0 heterocycles. The number of rotatable bonds is 9. The number of carbonyl (C=O) groups is 3. The molecule has 2 N–H and O–H groups in total. The van der Waals surface area contributed by atoms with Gasteiger partial charge < -0.3 is 19.9 Å². The molecule has 128 valence electrons. The molecule has 0 spiro atoms. The van der Waals surface area contributed by atoms with Crippen LogP contribution in [-0.4, -0.2) is 35.5 Å². The maximum absolute atomic E-state index is 11.7. The Morgan fingerprint density at radius 2 is 1.68 bits per heavy atom. The van der Waals surface area contributed by atoms with E-state index in [0.717, 1.165) is 6.42 Å². The summed E-state index contributed by atoms with van der Waals surface area (Å²) in [4.78, 5) is 34.0. The van der Waals surface area contributed by atoms with Crippen molar-refractivity contribution in [1.29, 1.82) is 0 Å². The summed E-state index contributed by atoms with van der Waals surface area (Å²) in [5.41, 5.74) is 0. The van der Waals surface area contributed by atoms with Gasteiger partial charge >= 0.3 is 18.0 Å². The highest BCUT2D eigenvalue weighted by Gasteiger charge is 2.21. The van der Waals surface area contributed by atoms with Crippen molar-refractivity contribution in [2.45, 2.75) is 66.2 Å². The Bertz CT molecular complexity index is 382. The number of carboxylic acids is 1. The molecule has 7 nitrogen and oxygen atoms in total. The van der Waals surface area contributed by atoms with Gasteiger partial charge in [0, 0.05) is 13.0 Å². The SMILES string of the molecule is CC[C@@H](C)C[C@@H](CC(=O)O)NC(=O)O[C@@H](C)OC(=O)C(C)C. The van der Waals surface area contributed by atoms with E-state index in [-0.39, 0.29) is 18.3 Å². The lowest BCUT2D eigenvalue weighted by Crippen LogP contribution is -2.40. The Morgan fingerprint density at radius 3 is 2.14 bits per heavy atom. The van der Waals surface area contributed by atoms with Gasteiger partial charge in [0.2, 0.25) is 6.29 Å². The van der Waals surface area contributed by atoms with E-state index in [9.17, 15) is 14.4 Å². The number of hydrogen-bond donors (Lipinski definition) is 2. The largest absolute Gasteiger partial charge is 0.481 e. The number of aliphatic carboxylic acids is 1. The maximum Gasteiger partial charge on any atom is 0.410 e. The Morgan fingerprint density at radius 1 is 1.09 bits per heavy atom. The molecule has 0 radical (unpaired) electrons. The lowest BCUT2D eigenvalue weighted by Gasteiger charge is -2.21. The number of alkyl carbamates (subject to hydrolysis) is 1. The van der Waals surface area contributed by atoms with Crippen LogP contribution in [0, 0.1) is 11.8 Å². The lowest BCUT2D eigenvalue weighted by molar-refractivity contribution is -0.168. The summed E-state index contributed by atoms with van der Waals surface area (Å²) in [5.74, 6) is -1.50. The number of carboxylic acid groups (broad SMARTS) is 1. The summed E-state index contributed by atoms with van der Waals surface area (Å²) in [5, 5.41) is 11.4. The maximum atomic E-state index is 11.7. The van der Waals surface area contributed by atoms with Gasteiger partial charge in [0.15, 0.2) is 0 Å². The molecule has 0 aromatic rings. The molecule has 0 aromatic heterocycles. The van der Waals surface area contributed by atoms with Crippen LogP contribution >= 0.6 is 0 Å². The predicted octanol–water partition coefficient (Wildman–Crippen LogP) is 2.54. The predicted molar refractivity (Wildman–Crippen MR) is 80.1 cm³/mol. The Kier molecular flexibility index (Phi) is 9.21. The molecule has 7 heteroatoms. The number of carbonyl (C=O) groups excluding carboxylic acids is 2. The van der Waals surface area contributed by atoms with Crippen molar-refractivity contribution < 1.29 is 29.0 Å². The second kappa shape index (κ2) is 10.0. The highest BCUT2D eigenvalue weighted by molar-refractivity contribution is 5.73. The molecule has 3 atom stereocenters. The first-order chi connectivity index (χ1) is 10.1. The van der Waals surface area contributed by atoms with E-state index in [1.165, 1.54) is 6.92 Å². The highest BCUT2D eigenvalue weighted by Crippen LogP contribution is 2.13. The summed E-state index contributed by atoms with van der Waals surface area (Å²) in [6, 6.07) is -0.520. The van der Waals surface area contributed by atoms with Crippen molar-refractivity contribution in [2.24, 2.45) is 11.8 Å². The molecule has 0 aliphatic rings. The second-order valence-corrected chi connectivity index (χ2v) is 5.75. The number of nitrogens with one attached hydrogen (secondary N) is 1. The van der Waals surface area contributed by atoms with Crippen LogP contribution in [0.1, 0.15) is 53.9 Å². The topological polar surface area (TPSA) is 102 Å². The Balaban J connectivity index is 4.42. The first-order valence-corrected chi connectivity index (χ1v) is 7.55. The molecule has 0 saturated heterocycles. The minimum absolute atomic E-state index is 0.181. The third-order valence-electron chi connectivity index (χ3n) is 3.15. The van der Waals surface area contributed by atoms with Crippen LogP contribution in [0.5, 0.6) is 0 Å². The van der Waals surface area contributed by atoms with E-state index < -0.39 is 30.4 Å². The van der Waals surface area contributed by atoms with Crippen LogP contribution in [0.4, 0.5) is 4.79 Å². The van der Waals surface area contributed by atoms with Crippen molar-refractivity contribution in [1.82, 2.24) is 5.32 Å². The minimum Gasteiger partial charge on any atom is -0.481 e. The molecular weight excluding hydrogens is 290 g/mol. The monoisotopic (exact) mass is 317 g/mol. The zero-order valence-corrected chi connectivity index (χ0v) is 13.9. The summed E-state index contributed by atoms with van der Waals surface area (Å²) >= 11 is 0. The molecule has 1 amide bonds. The van der Waals surface area contributed by atoms with E-state index in [4.69, 9.17) is 14.6 Å². The molecule has 0 aliphatic heterocycles. The number of esters is 1. The zero-order chi connectivity index (χ0) is 17.3. The summed E-state index contributed by atoms with van der Waals surface area (Å²) in [6.07, 6.45) is -0.574. The third kappa shape index (κ3) is 9.20. The van der Waals surface area contributed by atoms with Crippen molar-refractivity contribution in [3.8, 4) is 0 Å². The molecule has 22 heavy (non-hydrogen) atoms. The van der Waals surface area contributed by atoms with E-state index >= 15 is 0 Å². The molecule has 0 rings (SSSR count). The molecule has 0 fully saturated rings. The zero-order valence-electron chi connectivity index (χ0n) is 13.9. The van der Waals surface area contributed by atoms with Crippen LogP contribution in [0.2, 0.25) is 0 Å². The normalized spacial score (nSPS) is 14.8. The van der Waals surface area contributed by atoms with Crippen molar-refractivity contribution >= 4 is 18.0 Å². The van der Waals surface area contributed by atoms with Crippen molar-refractivity contribution in [3.05, 3.63) is 0 Å². The first-order valence-electron chi connectivity index (χ1n) is 7.55. The lowest BCUT2D eigenvalue weighted by atomic mass is 9.97. The van der Waals surface area contributed by atoms with Crippen LogP contribution in [0.3, 0.4) is 0 Å². The van der Waals surface area contributed by atoms with E-state index in [2.05, 4.69) is 5.32 Å². The molecule has 0 saturated carbocycles. The van der Waals surface area contributed by atoms with Gasteiger partial charge in [-0.2, -0.15) is 0 Å². The fourth-order valence-electron chi connectivity index (χ4n) is 1.73. The first kappa shape index (κ1) is 20.2. The van der Waals surface area contributed by atoms with Crippen LogP contribution in [-0.2, 0) is 19.1 Å². The molecule has 0 aromatic carbocycles. The van der Waals surface area contributed by atoms with Crippen LogP contribution < -0.4 is 5.32 Å². The highest BCUT2D eigenvalue weighted by atomic mass is 16.7. The smallest absolute Gasteiger partial charge is 0.410 e. The number of amides is 1. The Hall–Kier alpha value is -1.79. The van der Waals surface area contributed by atoms with E-state index in [1.54, 1.807) is 13.8 Å². The van der Waals surface area contributed by atoms with Gasteiger partial charge in [0.1, 0.15) is 0 Å². The van der Waals surface area contributed by atoms with Crippen molar-refractivity contribution in [2.75, 3.05) is 0 Å². The third-order valence-corrected chi connectivity index (χ3v) is 3.15. The number of hydrogen-bond acceptors (Lipinski definition) is 5. The number of ether oxygens (including phenoxy) is 2. The molecule has 0 unspecified atom stereocenters. The second-order valence-electron chi connectivity index (χ2n) is 5.75.